The van der Waals surface area contributed by atoms with Crippen molar-refractivity contribution in [3.05, 3.63) is 36.3 Å². The first-order valence-electron chi connectivity index (χ1n) is 5.45. The van der Waals surface area contributed by atoms with Gasteiger partial charge in [0.2, 0.25) is 0 Å². The minimum absolute atomic E-state index is 0.162. The summed E-state index contributed by atoms with van der Waals surface area (Å²) >= 11 is 0. The second-order valence-electron chi connectivity index (χ2n) is 3.90. The highest BCUT2D eigenvalue weighted by Gasteiger charge is 2.30. The molecule has 0 fully saturated rings. The van der Waals surface area contributed by atoms with Gasteiger partial charge >= 0.3 is 6.18 Å². The molecule has 2 aromatic rings. The highest BCUT2D eigenvalue weighted by Crippen LogP contribution is 2.29. The summed E-state index contributed by atoms with van der Waals surface area (Å²) in [7, 11) is 0. The molecule has 0 saturated heterocycles. The fourth-order valence-electron chi connectivity index (χ4n) is 1.45. The summed E-state index contributed by atoms with van der Waals surface area (Å²) < 4.78 is 62.2. The average molecular weight is 292 g/mol. The Hall–Kier alpha value is -2.19. The molecule has 0 aliphatic carbocycles. The fourth-order valence-corrected chi connectivity index (χ4v) is 1.45. The predicted molar refractivity (Wildman–Crippen MR) is 60.8 cm³/mol. The van der Waals surface area contributed by atoms with Gasteiger partial charge in [-0.1, -0.05) is 0 Å². The van der Waals surface area contributed by atoms with Crippen LogP contribution in [-0.2, 0) is 12.7 Å². The first kappa shape index (κ1) is 14.2. The highest BCUT2D eigenvalue weighted by atomic mass is 19.4. The Labute approximate surface area is 110 Å². The molecule has 0 atom stereocenters. The monoisotopic (exact) mass is 292 g/mol. The molecule has 20 heavy (non-hydrogen) atoms. The Morgan fingerprint density at radius 3 is 2.50 bits per heavy atom. The van der Waals surface area contributed by atoms with Gasteiger partial charge in [0.25, 0.3) is 6.43 Å². The van der Waals surface area contributed by atoms with E-state index in [1.165, 1.54) is 12.4 Å². The maximum Gasteiger partial charge on any atom is 0.417 e. The molecule has 0 unspecified atom stereocenters. The number of aromatic nitrogens is 3. The van der Waals surface area contributed by atoms with Gasteiger partial charge in [0.15, 0.2) is 0 Å². The van der Waals surface area contributed by atoms with Crippen LogP contribution in [0.1, 0.15) is 5.56 Å². The number of anilines is 2. The van der Waals surface area contributed by atoms with Gasteiger partial charge in [0.05, 0.1) is 17.4 Å². The van der Waals surface area contributed by atoms with Crippen LogP contribution >= 0.6 is 0 Å². The van der Waals surface area contributed by atoms with Crippen molar-refractivity contribution < 1.29 is 22.0 Å². The van der Waals surface area contributed by atoms with Crippen molar-refractivity contribution in [3.63, 3.8) is 0 Å². The molecule has 0 amide bonds. The summed E-state index contributed by atoms with van der Waals surface area (Å²) in [5.74, 6) is 0.162. The van der Waals surface area contributed by atoms with Crippen molar-refractivity contribution >= 4 is 11.5 Å². The Bertz CT molecular complexity index is 561. The van der Waals surface area contributed by atoms with E-state index in [2.05, 4.69) is 15.4 Å². The average Bonchev–Trinajstić information content (AvgIpc) is 2.75. The SMILES string of the molecule is FC(F)Cn1cc(Nc2ccc(C(F)(F)F)cn2)cn1. The van der Waals surface area contributed by atoms with Crippen molar-refractivity contribution in [2.24, 2.45) is 0 Å². The largest absolute Gasteiger partial charge is 0.417 e. The maximum atomic E-state index is 12.3. The Morgan fingerprint density at radius 1 is 1.20 bits per heavy atom. The van der Waals surface area contributed by atoms with Crippen LogP contribution in [0.3, 0.4) is 0 Å². The zero-order valence-electron chi connectivity index (χ0n) is 9.90. The van der Waals surface area contributed by atoms with E-state index in [1.54, 1.807) is 0 Å². The van der Waals surface area contributed by atoms with Gasteiger partial charge in [0.1, 0.15) is 12.4 Å². The van der Waals surface area contributed by atoms with Gasteiger partial charge in [-0.3, -0.25) is 4.68 Å². The van der Waals surface area contributed by atoms with E-state index in [9.17, 15) is 22.0 Å². The fraction of sp³-hybridized carbons (Fsp3) is 0.273. The van der Waals surface area contributed by atoms with Gasteiger partial charge in [-0.25, -0.2) is 13.8 Å². The molecular formula is C11H9F5N4. The van der Waals surface area contributed by atoms with Crippen LogP contribution in [0.4, 0.5) is 33.5 Å². The lowest BCUT2D eigenvalue weighted by Gasteiger charge is -2.07. The molecule has 108 valence electrons. The van der Waals surface area contributed by atoms with Crippen molar-refractivity contribution in [2.45, 2.75) is 19.1 Å². The molecule has 2 aromatic heterocycles. The second-order valence-corrected chi connectivity index (χ2v) is 3.90. The van der Waals surface area contributed by atoms with Gasteiger partial charge in [0, 0.05) is 12.4 Å². The summed E-state index contributed by atoms with van der Waals surface area (Å²) in [5.41, 5.74) is -0.505. The number of rotatable bonds is 4. The lowest BCUT2D eigenvalue weighted by molar-refractivity contribution is -0.137. The predicted octanol–water partition coefficient (Wildman–Crippen LogP) is 3.31. The minimum Gasteiger partial charge on any atom is -0.338 e. The van der Waals surface area contributed by atoms with Crippen LogP contribution in [-0.4, -0.2) is 21.2 Å². The van der Waals surface area contributed by atoms with Crippen LogP contribution in [0.5, 0.6) is 0 Å². The van der Waals surface area contributed by atoms with Crippen LogP contribution in [0.2, 0.25) is 0 Å². The molecule has 0 saturated carbocycles. The normalized spacial score (nSPS) is 11.9. The van der Waals surface area contributed by atoms with E-state index in [0.29, 0.717) is 11.9 Å². The molecular weight excluding hydrogens is 283 g/mol. The third kappa shape index (κ3) is 3.65. The van der Waals surface area contributed by atoms with E-state index in [1.807, 2.05) is 0 Å². The molecule has 0 radical (unpaired) electrons. The minimum atomic E-state index is -4.45. The number of nitrogens with zero attached hydrogens (tertiary/aromatic N) is 3. The van der Waals surface area contributed by atoms with Crippen molar-refractivity contribution in [1.82, 2.24) is 14.8 Å². The Morgan fingerprint density at radius 2 is 1.95 bits per heavy atom. The van der Waals surface area contributed by atoms with E-state index in [0.717, 1.165) is 16.8 Å². The summed E-state index contributed by atoms with van der Waals surface area (Å²) in [6.45, 7) is -0.553. The second kappa shape index (κ2) is 5.43. The molecule has 1 N–H and O–H groups in total. The number of hydrogen-bond acceptors (Lipinski definition) is 3. The lowest BCUT2D eigenvalue weighted by Crippen LogP contribution is -2.06. The van der Waals surface area contributed by atoms with E-state index < -0.39 is 24.7 Å². The molecule has 0 aromatic carbocycles. The van der Waals surface area contributed by atoms with Gasteiger partial charge < -0.3 is 5.32 Å². The Balaban J connectivity index is 2.05. The zero-order chi connectivity index (χ0) is 14.8. The number of hydrogen-bond donors (Lipinski definition) is 1. The van der Waals surface area contributed by atoms with Gasteiger partial charge in [-0.2, -0.15) is 18.3 Å². The topological polar surface area (TPSA) is 42.7 Å². The summed E-state index contributed by atoms with van der Waals surface area (Å²) in [5, 5.41) is 6.35. The Kier molecular flexibility index (Phi) is 3.86. The molecule has 0 bridgehead atoms. The maximum absolute atomic E-state index is 12.3. The molecule has 4 nitrogen and oxygen atoms in total. The van der Waals surface area contributed by atoms with E-state index in [-0.39, 0.29) is 5.82 Å². The molecule has 0 aliphatic rings. The number of halogens is 5. The number of nitrogens with one attached hydrogen (secondary N) is 1. The number of alkyl halides is 5. The lowest BCUT2D eigenvalue weighted by atomic mass is 10.3. The molecule has 0 aliphatic heterocycles. The smallest absolute Gasteiger partial charge is 0.338 e. The summed E-state index contributed by atoms with van der Waals surface area (Å²) in [6.07, 6.45) is -3.71. The van der Waals surface area contributed by atoms with Crippen LogP contribution in [0, 0.1) is 0 Å². The third-order valence-electron chi connectivity index (χ3n) is 2.32. The molecule has 0 spiro atoms. The zero-order valence-corrected chi connectivity index (χ0v) is 9.90. The van der Waals surface area contributed by atoms with Crippen LogP contribution in [0.15, 0.2) is 30.7 Å². The van der Waals surface area contributed by atoms with Crippen molar-refractivity contribution in [2.75, 3.05) is 5.32 Å². The van der Waals surface area contributed by atoms with Gasteiger partial charge in [-0.15, -0.1) is 0 Å². The first-order chi connectivity index (χ1) is 9.34. The summed E-state index contributed by atoms with van der Waals surface area (Å²) in [4.78, 5) is 3.59. The van der Waals surface area contributed by atoms with Crippen molar-refractivity contribution in [1.29, 1.82) is 0 Å². The highest BCUT2D eigenvalue weighted by molar-refractivity contribution is 5.53. The van der Waals surface area contributed by atoms with Crippen LogP contribution < -0.4 is 5.32 Å². The van der Waals surface area contributed by atoms with E-state index >= 15 is 0 Å². The molecule has 2 rings (SSSR count). The third-order valence-corrected chi connectivity index (χ3v) is 2.32. The number of pyridine rings is 1. The first-order valence-corrected chi connectivity index (χ1v) is 5.45. The van der Waals surface area contributed by atoms with Gasteiger partial charge in [-0.05, 0) is 12.1 Å². The van der Waals surface area contributed by atoms with Crippen molar-refractivity contribution in [3.8, 4) is 0 Å². The summed E-state index contributed by atoms with van der Waals surface area (Å²) in [6, 6.07) is 2.02. The quantitative estimate of drug-likeness (QED) is 0.879. The standard InChI is InChI=1S/C11H9F5N4/c12-9(13)6-20-5-8(4-18-20)19-10-2-1-7(3-17-10)11(14,15)16/h1-5,9H,6H2,(H,17,19). The molecule has 2 heterocycles. The van der Waals surface area contributed by atoms with Crippen LogP contribution in [0.25, 0.3) is 0 Å². The van der Waals surface area contributed by atoms with E-state index in [4.69, 9.17) is 0 Å². The molecule has 9 heteroatoms.